The number of aliphatic hydroxyl groups excluding tert-OH is 2. The number of ether oxygens (including phenoxy) is 1. The van der Waals surface area contributed by atoms with Gasteiger partial charge in [0.1, 0.15) is 6.10 Å². The molecular weight excluding hydrogens is 282 g/mol. The predicted molar refractivity (Wildman–Crippen MR) is 81.4 cm³/mol. The van der Waals surface area contributed by atoms with E-state index in [1.165, 1.54) is 0 Å². The van der Waals surface area contributed by atoms with Crippen LogP contribution in [0, 0.1) is 5.92 Å². The van der Waals surface area contributed by atoms with E-state index < -0.39 is 6.10 Å². The van der Waals surface area contributed by atoms with Gasteiger partial charge in [0.2, 0.25) is 0 Å². The fourth-order valence-electron chi connectivity index (χ4n) is 3.99. The second-order valence-corrected chi connectivity index (χ2v) is 6.34. The summed E-state index contributed by atoms with van der Waals surface area (Å²) in [5.41, 5.74) is 0.519. The summed E-state index contributed by atoms with van der Waals surface area (Å²) < 4.78 is 5.71. The number of fused-ring (bicyclic) bond motifs is 2. The quantitative estimate of drug-likeness (QED) is 0.814. The molecule has 2 heterocycles. The molecule has 2 N–H and O–H groups in total. The Kier molecular flexibility index (Phi) is 4.47. The highest BCUT2D eigenvalue weighted by Gasteiger charge is 2.49. The van der Waals surface area contributed by atoms with Crippen LogP contribution in [-0.4, -0.2) is 59.0 Å². The highest BCUT2D eigenvalue weighted by atomic mass is 16.5. The number of rotatable bonds is 4. The summed E-state index contributed by atoms with van der Waals surface area (Å²) in [6, 6.07) is 9.46. The maximum Gasteiger partial charge on any atom is 0.338 e. The SMILES string of the molecule is CN1[C@@H]2CC[C@H]1[C@H]([C@H](O)CO)[C@H](OC(=O)c1ccccc1)C2. The van der Waals surface area contributed by atoms with Crippen LogP contribution in [0.5, 0.6) is 0 Å². The number of carbonyl (C=O) groups is 1. The molecule has 22 heavy (non-hydrogen) atoms. The number of benzene rings is 1. The third kappa shape index (κ3) is 2.76. The van der Waals surface area contributed by atoms with Crippen LogP contribution in [0.4, 0.5) is 0 Å². The molecule has 1 aromatic carbocycles. The smallest absolute Gasteiger partial charge is 0.338 e. The van der Waals surface area contributed by atoms with Gasteiger partial charge < -0.3 is 14.9 Å². The summed E-state index contributed by atoms with van der Waals surface area (Å²) in [4.78, 5) is 14.6. The molecule has 5 heteroatoms. The topological polar surface area (TPSA) is 70.0 Å². The van der Waals surface area contributed by atoms with Gasteiger partial charge in [0, 0.05) is 24.4 Å². The normalized spacial score (nSPS) is 32.7. The first-order valence-electron chi connectivity index (χ1n) is 7.88. The van der Waals surface area contributed by atoms with Crippen molar-refractivity contribution in [3.8, 4) is 0 Å². The van der Waals surface area contributed by atoms with Gasteiger partial charge in [-0.15, -0.1) is 0 Å². The number of hydrogen-bond acceptors (Lipinski definition) is 5. The van der Waals surface area contributed by atoms with Gasteiger partial charge in [0.25, 0.3) is 0 Å². The summed E-state index contributed by atoms with van der Waals surface area (Å²) >= 11 is 0. The monoisotopic (exact) mass is 305 g/mol. The van der Waals surface area contributed by atoms with Crippen molar-refractivity contribution in [1.82, 2.24) is 4.90 Å². The summed E-state index contributed by atoms with van der Waals surface area (Å²) in [7, 11) is 2.05. The van der Waals surface area contributed by atoms with Gasteiger partial charge in [-0.2, -0.15) is 0 Å². The summed E-state index contributed by atoms with van der Waals surface area (Å²) in [5, 5.41) is 19.6. The third-order valence-electron chi connectivity index (χ3n) is 5.17. The zero-order valence-electron chi connectivity index (χ0n) is 12.8. The van der Waals surface area contributed by atoms with Crippen LogP contribution in [0.3, 0.4) is 0 Å². The molecule has 0 unspecified atom stereocenters. The number of carbonyl (C=O) groups excluding carboxylic acids is 1. The van der Waals surface area contributed by atoms with Crippen molar-refractivity contribution in [1.29, 1.82) is 0 Å². The van der Waals surface area contributed by atoms with E-state index in [1.54, 1.807) is 24.3 Å². The fraction of sp³-hybridized carbons (Fsp3) is 0.588. The highest BCUT2D eigenvalue weighted by molar-refractivity contribution is 5.89. The second-order valence-electron chi connectivity index (χ2n) is 6.34. The highest BCUT2D eigenvalue weighted by Crippen LogP contribution is 2.41. The summed E-state index contributed by atoms with van der Waals surface area (Å²) in [5.74, 6) is -0.592. The van der Waals surface area contributed by atoms with Gasteiger partial charge in [-0.05, 0) is 32.0 Å². The maximum absolute atomic E-state index is 12.3. The molecule has 5 nitrogen and oxygen atoms in total. The van der Waals surface area contributed by atoms with Gasteiger partial charge in [-0.25, -0.2) is 4.79 Å². The average molecular weight is 305 g/mol. The molecule has 5 atom stereocenters. The Labute approximate surface area is 130 Å². The van der Waals surface area contributed by atoms with Crippen molar-refractivity contribution in [3.63, 3.8) is 0 Å². The first kappa shape index (κ1) is 15.5. The zero-order valence-corrected chi connectivity index (χ0v) is 12.8. The molecule has 1 aromatic rings. The Hall–Kier alpha value is -1.43. The van der Waals surface area contributed by atoms with E-state index in [9.17, 15) is 15.0 Å². The molecule has 0 amide bonds. The largest absolute Gasteiger partial charge is 0.458 e. The number of nitrogens with zero attached hydrogens (tertiary/aromatic N) is 1. The Bertz CT molecular complexity index is 521. The minimum Gasteiger partial charge on any atom is -0.458 e. The van der Waals surface area contributed by atoms with Gasteiger partial charge >= 0.3 is 5.97 Å². The molecule has 0 radical (unpaired) electrons. The Morgan fingerprint density at radius 3 is 2.77 bits per heavy atom. The third-order valence-corrected chi connectivity index (χ3v) is 5.17. The van der Waals surface area contributed by atoms with Crippen LogP contribution >= 0.6 is 0 Å². The van der Waals surface area contributed by atoms with Crippen molar-refractivity contribution in [2.75, 3.05) is 13.7 Å². The second kappa shape index (κ2) is 6.36. The van der Waals surface area contributed by atoms with Crippen molar-refractivity contribution >= 4 is 5.97 Å². The Morgan fingerprint density at radius 2 is 2.09 bits per heavy atom. The molecule has 0 saturated carbocycles. The van der Waals surface area contributed by atoms with Crippen molar-refractivity contribution in [2.45, 2.75) is 43.6 Å². The molecule has 2 fully saturated rings. The average Bonchev–Trinajstić information content (AvgIpc) is 2.78. The first-order chi connectivity index (χ1) is 10.6. The summed E-state index contributed by atoms with van der Waals surface area (Å²) in [6.45, 7) is -0.306. The lowest BCUT2D eigenvalue weighted by Gasteiger charge is -2.43. The standard InChI is InChI=1S/C17H23NO4/c1-18-12-7-8-13(18)16(14(20)10-19)15(9-12)22-17(21)11-5-3-2-4-6-11/h2-6,12-16,19-20H,7-10H2,1H3/t12-,13+,14-,15-,16-/m1/s1. The predicted octanol–water partition coefficient (Wildman–Crippen LogP) is 1.05. The van der Waals surface area contributed by atoms with Crippen LogP contribution in [0.2, 0.25) is 0 Å². The molecule has 3 rings (SSSR count). The lowest BCUT2D eigenvalue weighted by atomic mass is 9.83. The van der Waals surface area contributed by atoms with E-state index in [0.717, 1.165) is 12.8 Å². The lowest BCUT2D eigenvalue weighted by Crippen LogP contribution is -2.55. The lowest BCUT2D eigenvalue weighted by molar-refractivity contribution is -0.0880. The molecule has 0 aliphatic carbocycles. The van der Waals surface area contributed by atoms with Crippen molar-refractivity contribution in [2.24, 2.45) is 5.92 Å². The molecule has 2 aliphatic heterocycles. The minimum atomic E-state index is -0.861. The van der Waals surface area contributed by atoms with Gasteiger partial charge in [-0.3, -0.25) is 4.90 Å². The molecule has 2 bridgehead atoms. The van der Waals surface area contributed by atoms with Gasteiger partial charge in [-0.1, -0.05) is 18.2 Å². The fourth-order valence-corrected chi connectivity index (χ4v) is 3.99. The van der Waals surface area contributed by atoms with Crippen molar-refractivity contribution in [3.05, 3.63) is 35.9 Å². The van der Waals surface area contributed by atoms with Crippen LogP contribution in [0.25, 0.3) is 0 Å². The van der Waals surface area contributed by atoms with Gasteiger partial charge in [0.05, 0.1) is 18.3 Å². The van der Waals surface area contributed by atoms with Crippen LogP contribution in [0.15, 0.2) is 30.3 Å². The van der Waals surface area contributed by atoms with Crippen LogP contribution in [0.1, 0.15) is 29.6 Å². The maximum atomic E-state index is 12.3. The Morgan fingerprint density at radius 1 is 1.36 bits per heavy atom. The molecule has 2 aliphatic rings. The Balaban J connectivity index is 1.77. The van der Waals surface area contributed by atoms with E-state index in [1.807, 2.05) is 6.07 Å². The number of piperidine rings is 1. The van der Waals surface area contributed by atoms with E-state index >= 15 is 0 Å². The van der Waals surface area contributed by atoms with E-state index in [-0.39, 0.29) is 30.6 Å². The first-order valence-corrected chi connectivity index (χ1v) is 7.88. The number of esters is 1. The summed E-state index contributed by atoms with van der Waals surface area (Å²) in [6.07, 6.45) is 1.54. The molecule has 2 saturated heterocycles. The molecule has 0 aromatic heterocycles. The molecular formula is C17H23NO4. The molecule has 0 spiro atoms. The van der Waals surface area contributed by atoms with Crippen LogP contribution < -0.4 is 0 Å². The zero-order chi connectivity index (χ0) is 15.7. The van der Waals surface area contributed by atoms with Crippen molar-refractivity contribution < 1.29 is 19.7 Å². The number of aliphatic hydroxyl groups is 2. The van der Waals surface area contributed by atoms with Crippen LogP contribution in [-0.2, 0) is 4.74 Å². The molecule has 120 valence electrons. The van der Waals surface area contributed by atoms with E-state index in [4.69, 9.17) is 4.74 Å². The van der Waals surface area contributed by atoms with Gasteiger partial charge in [0.15, 0.2) is 0 Å². The number of hydrogen-bond donors (Lipinski definition) is 2. The van der Waals surface area contributed by atoms with E-state index in [0.29, 0.717) is 18.0 Å². The minimum absolute atomic E-state index is 0.162. The van der Waals surface area contributed by atoms with E-state index in [2.05, 4.69) is 11.9 Å².